The Morgan fingerprint density at radius 1 is 1.57 bits per heavy atom. The summed E-state index contributed by atoms with van der Waals surface area (Å²) in [5.74, 6) is 0. The summed E-state index contributed by atoms with van der Waals surface area (Å²) in [4.78, 5) is 0. The van der Waals surface area contributed by atoms with Crippen LogP contribution in [0.2, 0.25) is 0 Å². The van der Waals surface area contributed by atoms with Gasteiger partial charge in [0.15, 0.2) is 0 Å². The van der Waals surface area contributed by atoms with Crippen molar-refractivity contribution in [1.29, 1.82) is 5.26 Å². The molecule has 4 nitrogen and oxygen atoms in total. The van der Waals surface area contributed by atoms with Gasteiger partial charge in [-0.1, -0.05) is 0 Å². The number of aryl methyl sites for hydroxylation is 2. The Bertz CT molecular complexity index is 362. The Morgan fingerprint density at radius 3 is 2.64 bits per heavy atom. The molecule has 0 aliphatic heterocycles. The van der Waals surface area contributed by atoms with Gasteiger partial charge < -0.3 is 5.11 Å². The van der Waals surface area contributed by atoms with Gasteiger partial charge in [-0.2, -0.15) is 10.4 Å². The predicted octanol–water partition coefficient (Wildman–Crippen LogP) is 1.47. The summed E-state index contributed by atoms with van der Waals surface area (Å²) < 4.78 is 1.84. The third kappa shape index (κ3) is 1.78. The Kier molecular flexibility index (Phi) is 3.26. The molecule has 1 aromatic rings. The van der Waals surface area contributed by atoms with Gasteiger partial charge in [0, 0.05) is 17.8 Å². The lowest BCUT2D eigenvalue weighted by atomic mass is 10.1. The van der Waals surface area contributed by atoms with Crippen molar-refractivity contribution in [2.45, 2.75) is 39.8 Å². The molecule has 0 radical (unpaired) electrons. The zero-order valence-corrected chi connectivity index (χ0v) is 8.78. The monoisotopic (exact) mass is 193 g/mol. The second-order valence-corrected chi connectivity index (χ2v) is 3.28. The fourth-order valence-electron chi connectivity index (χ4n) is 1.69. The third-order valence-corrected chi connectivity index (χ3v) is 2.35. The van der Waals surface area contributed by atoms with Crippen molar-refractivity contribution < 1.29 is 5.11 Å². The molecule has 0 fully saturated rings. The van der Waals surface area contributed by atoms with Crippen molar-refractivity contribution >= 4 is 0 Å². The summed E-state index contributed by atoms with van der Waals surface area (Å²) in [5.41, 5.74) is 2.56. The number of aromatic nitrogens is 2. The first-order chi connectivity index (χ1) is 6.61. The van der Waals surface area contributed by atoms with Gasteiger partial charge in [0.1, 0.15) is 0 Å². The molecule has 0 aliphatic carbocycles. The number of hydrogen-bond donors (Lipinski definition) is 1. The summed E-state index contributed by atoms with van der Waals surface area (Å²) in [5, 5.41) is 22.5. The lowest BCUT2D eigenvalue weighted by Crippen LogP contribution is -2.02. The molecule has 4 heteroatoms. The van der Waals surface area contributed by atoms with Crippen LogP contribution in [0, 0.1) is 25.2 Å². The number of hydrogen-bond acceptors (Lipinski definition) is 3. The molecule has 0 aromatic carbocycles. The molecule has 1 heterocycles. The minimum absolute atomic E-state index is 0.122. The Labute approximate surface area is 83.8 Å². The topological polar surface area (TPSA) is 61.8 Å². The average molecular weight is 193 g/mol. The SMILES string of the molecule is CCn1nc(C)c(C(O)CC#N)c1C. The van der Waals surface area contributed by atoms with Crippen molar-refractivity contribution in [1.82, 2.24) is 9.78 Å². The van der Waals surface area contributed by atoms with Gasteiger partial charge in [-0.15, -0.1) is 0 Å². The third-order valence-electron chi connectivity index (χ3n) is 2.35. The zero-order chi connectivity index (χ0) is 10.7. The van der Waals surface area contributed by atoms with Crippen molar-refractivity contribution in [3.05, 3.63) is 17.0 Å². The molecular weight excluding hydrogens is 178 g/mol. The maximum absolute atomic E-state index is 9.72. The number of rotatable bonds is 3. The summed E-state index contributed by atoms with van der Waals surface area (Å²) in [6.07, 6.45) is -0.586. The minimum atomic E-state index is -0.708. The molecule has 0 saturated carbocycles. The minimum Gasteiger partial charge on any atom is -0.387 e. The van der Waals surface area contributed by atoms with Gasteiger partial charge in [-0.05, 0) is 20.8 Å². The largest absolute Gasteiger partial charge is 0.387 e. The quantitative estimate of drug-likeness (QED) is 0.790. The predicted molar refractivity (Wildman–Crippen MR) is 52.6 cm³/mol. The van der Waals surface area contributed by atoms with E-state index in [2.05, 4.69) is 5.10 Å². The van der Waals surface area contributed by atoms with E-state index in [-0.39, 0.29) is 6.42 Å². The van der Waals surface area contributed by atoms with Crippen LogP contribution >= 0.6 is 0 Å². The molecule has 1 rings (SSSR count). The molecule has 1 N–H and O–H groups in total. The molecule has 0 saturated heterocycles. The van der Waals surface area contributed by atoms with Crippen LogP contribution < -0.4 is 0 Å². The highest BCUT2D eigenvalue weighted by Crippen LogP contribution is 2.23. The second kappa shape index (κ2) is 4.25. The van der Waals surface area contributed by atoms with Crippen molar-refractivity contribution in [3.63, 3.8) is 0 Å². The Hall–Kier alpha value is -1.34. The van der Waals surface area contributed by atoms with Gasteiger partial charge in [0.25, 0.3) is 0 Å². The number of nitrogens with zero attached hydrogens (tertiary/aromatic N) is 3. The maximum atomic E-state index is 9.72. The highest BCUT2D eigenvalue weighted by Gasteiger charge is 2.17. The number of nitriles is 1. The number of aliphatic hydroxyl groups excluding tert-OH is 1. The van der Waals surface area contributed by atoms with E-state index >= 15 is 0 Å². The Morgan fingerprint density at radius 2 is 2.21 bits per heavy atom. The fraction of sp³-hybridized carbons (Fsp3) is 0.600. The van der Waals surface area contributed by atoms with E-state index < -0.39 is 6.10 Å². The molecule has 1 unspecified atom stereocenters. The zero-order valence-electron chi connectivity index (χ0n) is 8.78. The van der Waals surface area contributed by atoms with E-state index in [4.69, 9.17) is 5.26 Å². The van der Waals surface area contributed by atoms with Gasteiger partial charge in [0.2, 0.25) is 0 Å². The van der Waals surface area contributed by atoms with Crippen molar-refractivity contribution in [3.8, 4) is 6.07 Å². The van der Waals surface area contributed by atoms with Crippen LogP contribution in [-0.4, -0.2) is 14.9 Å². The van der Waals surface area contributed by atoms with Crippen LogP contribution in [-0.2, 0) is 6.54 Å². The lowest BCUT2D eigenvalue weighted by molar-refractivity contribution is 0.182. The number of aliphatic hydroxyl groups is 1. The summed E-state index contributed by atoms with van der Waals surface area (Å²) in [6.45, 7) is 6.56. The smallest absolute Gasteiger partial charge is 0.0955 e. The standard InChI is InChI=1S/C10H15N3O/c1-4-13-8(3)10(7(2)12-13)9(14)5-6-11/h9,14H,4-5H2,1-3H3. The van der Waals surface area contributed by atoms with Crippen molar-refractivity contribution in [2.75, 3.05) is 0 Å². The highest BCUT2D eigenvalue weighted by atomic mass is 16.3. The molecule has 0 amide bonds. The van der Waals surface area contributed by atoms with Crippen LogP contribution in [0.25, 0.3) is 0 Å². The molecular formula is C10H15N3O. The van der Waals surface area contributed by atoms with Crippen LogP contribution in [0.15, 0.2) is 0 Å². The van der Waals surface area contributed by atoms with Crippen LogP contribution in [0.5, 0.6) is 0 Å². The van der Waals surface area contributed by atoms with Gasteiger partial charge in [-0.3, -0.25) is 4.68 Å². The highest BCUT2D eigenvalue weighted by molar-refractivity contribution is 5.27. The summed E-state index contributed by atoms with van der Waals surface area (Å²) in [6, 6.07) is 1.96. The molecule has 1 atom stereocenters. The van der Waals surface area contributed by atoms with Gasteiger partial charge >= 0.3 is 0 Å². The summed E-state index contributed by atoms with van der Waals surface area (Å²) >= 11 is 0. The maximum Gasteiger partial charge on any atom is 0.0955 e. The van der Waals surface area contributed by atoms with Crippen LogP contribution in [0.3, 0.4) is 0 Å². The first-order valence-corrected chi connectivity index (χ1v) is 4.70. The molecule has 0 bridgehead atoms. The normalized spacial score (nSPS) is 12.5. The first-order valence-electron chi connectivity index (χ1n) is 4.70. The van der Waals surface area contributed by atoms with Crippen LogP contribution in [0.1, 0.15) is 36.4 Å². The molecule has 14 heavy (non-hydrogen) atoms. The molecule has 0 aliphatic rings. The van der Waals surface area contributed by atoms with Crippen LogP contribution in [0.4, 0.5) is 0 Å². The molecule has 76 valence electrons. The van der Waals surface area contributed by atoms with Gasteiger partial charge in [-0.25, -0.2) is 0 Å². The van der Waals surface area contributed by atoms with E-state index in [1.807, 2.05) is 31.5 Å². The second-order valence-electron chi connectivity index (χ2n) is 3.28. The van der Waals surface area contributed by atoms with E-state index in [0.29, 0.717) is 0 Å². The van der Waals surface area contributed by atoms with Crippen molar-refractivity contribution in [2.24, 2.45) is 0 Å². The molecule has 1 aromatic heterocycles. The van der Waals surface area contributed by atoms with E-state index in [0.717, 1.165) is 23.5 Å². The average Bonchev–Trinajstić information content (AvgIpc) is 2.41. The van der Waals surface area contributed by atoms with Gasteiger partial charge in [0.05, 0.1) is 24.3 Å². The van der Waals surface area contributed by atoms with E-state index in [9.17, 15) is 5.11 Å². The Balaban J connectivity index is 3.08. The molecule has 0 spiro atoms. The first kappa shape index (κ1) is 10.7. The van der Waals surface area contributed by atoms with E-state index in [1.54, 1.807) is 0 Å². The lowest BCUT2D eigenvalue weighted by Gasteiger charge is -2.07. The van der Waals surface area contributed by atoms with E-state index in [1.165, 1.54) is 0 Å². The summed E-state index contributed by atoms with van der Waals surface area (Å²) in [7, 11) is 0. The fourth-order valence-corrected chi connectivity index (χ4v) is 1.69.